The van der Waals surface area contributed by atoms with E-state index in [4.69, 9.17) is 33.0 Å². The molecule has 0 aliphatic heterocycles. The largest absolute Gasteiger partial charge is 0.492 e. The standard InChI is InChI=1S/C10H12Cl2O2/c1-7(5-13)6-14-10-3-2-8(11)4-9(10)12/h2-4,7,13H,5-6H2,1H3. The zero-order valence-electron chi connectivity index (χ0n) is 7.84. The molecule has 1 rings (SSSR count). The first kappa shape index (κ1) is 11.6. The van der Waals surface area contributed by atoms with Crippen LogP contribution in [-0.4, -0.2) is 18.3 Å². The minimum Gasteiger partial charge on any atom is -0.492 e. The Morgan fingerprint density at radius 3 is 2.71 bits per heavy atom. The third-order valence-electron chi connectivity index (χ3n) is 1.73. The summed E-state index contributed by atoms with van der Waals surface area (Å²) < 4.78 is 5.39. The molecule has 0 saturated heterocycles. The zero-order chi connectivity index (χ0) is 10.6. The van der Waals surface area contributed by atoms with Crippen LogP contribution in [-0.2, 0) is 0 Å². The summed E-state index contributed by atoms with van der Waals surface area (Å²) in [6.07, 6.45) is 0. The molecule has 14 heavy (non-hydrogen) atoms. The summed E-state index contributed by atoms with van der Waals surface area (Å²) in [6, 6.07) is 5.06. The fourth-order valence-corrected chi connectivity index (χ4v) is 1.34. The Morgan fingerprint density at radius 2 is 2.14 bits per heavy atom. The second kappa shape index (κ2) is 5.44. The SMILES string of the molecule is CC(CO)COc1ccc(Cl)cc1Cl. The summed E-state index contributed by atoms with van der Waals surface area (Å²) in [5, 5.41) is 9.86. The third kappa shape index (κ3) is 3.37. The molecule has 0 amide bonds. The van der Waals surface area contributed by atoms with Gasteiger partial charge in [-0.15, -0.1) is 0 Å². The lowest BCUT2D eigenvalue weighted by atomic mass is 10.2. The summed E-state index contributed by atoms with van der Waals surface area (Å²) in [7, 11) is 0. The number of aliphatic hydroxyl groups excluding tert-OH is 1. The van der Waals surface area contributed by atoms with Crippen LogP contribution in [0.3, 0.4) is 0 Å². The van der Waals surface area contributed by atoms with Gasteiger partial charge in [-0.3, -0.25) is 0 Å². The van der Waals surface area contributed by atoms with Crippen molar-refractivity contribution in [1.82, 2.24) is 0 Å². The maximum Gasteiger partial charge on any atom is 0.137 e. The number of rotatable bonds is 4. The van der Waals surface area contributed by atoms with E-state index in [1.165, 1.54) is 0 Å². The molecule has 0 fully saturated rings. The van der Waals surface area contributed by atoms with Crippen LogP contribution in [0.5, 0.6) is 5.75 Å². The molecule has 1 aromatic carbocycles. The number of aliphatic hydroxyl groups is 1. The van der Waals surface area contributed by atoms with Crippen molar-refractivity contribution < 1.29 is 9.84 Å². The van der Waals surface area contributed by atoms with Gasteiger partial charge in [-0.1, -0.05) is 30.1 Å². The van der Waals surface area contributed by atoms with E-state index in [1.807, 2.05) is 6.92 Å². The normalized spacial score (nSPS) is 12.6. The summed E-state index contributed by atoms with van der Waals surface area (Å²) in [4.78, 5) is 0. The molecule has 0 aliphatic rings. The van der Waals surface area contributed by atoms with Gasteiger partial charge in [0, 0.05) is 17.5 Å². The first-order valence-corrected chi connectivity index (χ1v) is 5.07. The van der Waals surface area contributed by atoms with Gasteiger partial charge in [-0.2, -0.15) is 0 Å². The summed E-state index contributed by atoms with van der Waals surface area (Å²) in [6.45, 7) is 2.44. The molecule has 4 heteroatoms. The highest BCUT2D eigenvalue weighted by Crippen LogP contribution is 2.27. The molecule has 2 nitrogen and oxygen atoms in total. The lowest BCUT2D eigenvalue weighted by Crippen LogP contribution is -2.12. The molecule has 1 aromatic rings. The summed E-state index contributed by atoms with van der Waals surface area (Å²) >= 11 is 11.6. The molecule has 0 bridgehead atoms. The highest BCUT2D eigenvalue weighted by molar-refractivity contribution is 6.35. The molecule has 1 atom stereocenters. The van der Waals surface area contributed by atoms with Crippen LogP contribution in [0.2, 0.25) is 10.0 Å². The molecule has 0 heterocycles. The molecule has 0 saturated carbocycles. The summed E-state index contributed by atoms with van der Waals surface area (Å²) in [5.41, 5.74) is 0. The molecule has 0 spiro atoms. The minimum absolute atomic E-state index is 0.0988. The van der Waals surface area contributed by atoms with Crippen LogP contribution < -0.4 is 4.74 Å². The number of hydrogen-bond donors (Lipinski definition) is 1. The van der Waals surface area contributed by atoms with Crippen molar-refractivity contribution in [3.8, 4) is 5.75 Å². The van der Waals surface area contributed by atoms with Gasteiger partial charge in [0.05, 0.1) is 11.6 Å². The number of ether oxygens (including phenoxy) is 1. The fourth-order valence-electron chi connectivity index (χ4n) is 0.877. The Morgan fingerprint density at radius 1 is 1.43 bits per heavy atom. The van der Waals surface area contributed by atoms with E-state index in [9.17, 15) is 0 Å². The van der Waals surface area contributed by atoms with Crippen LogP contribution in [0, 0.1) is 5.92 Å². The lowest BCUT2D eigenvalue weighted by molar-refractivity contribution is 0.174. The van der Waals surface area contributed by atoms with Crippen molar-refractivity contribution in [3.05, 3.63) is 28.2 Å². The predicted octanol–water partition coefficient (Wildman–Crippen LogP) is 3.00. The Kier molecular flexibility index (Phi) is 4.52. The highest BCUT2D eigenvalue weighted by Gasteiger charge is 2.05. The van der Waals surface area contributed by atoms with Crippen LogP contribution in [0.1, 0.15) is 6.92 Å². The van der Waals surface area contributed by atoms with Crippen LogP contribution in [0.25, 0.3) is 0 Å². The van der Waals surface area contributed by atoms with E-state index in [1.54, 1.807) is 18.2 Å². The maximum absolute atomic E-state index is 8.79. The Balaban J connectivity index is 2.59. The monoisotopic (exact) mass is 234 g/mol. The number of hydrogen-bond acceptors (Lipinski definition) is 2. The third-order valence-corrected chi connectivity index (χ3v) is 2.26. The highest BCUT2D eigenvalue weighted by atomic mass is 35.5. The van der Waals surface area contributed by atoms with E-state index in [2.05, 4.69) is 0 Å². The van der Waals surface area contributed by atoms with E-state index in [-0.39, 0.29) is 12.5 Å². The van der Waals surface area contributed by atoms with Crippen LogP contribution in [0.4, 0.5) is 0 Å². The van der Waals surface area contributed by atoms with E-state index in [0.717, 1.165) is 0 Å². The maximum atomic E-state index is 8.79. The van der Waals surface area contributed by atoms with Crippen molar-refractivity contribution >= 4 is 23.2 Å². The quantitative estimate of drug-likeness (QED) is 0.869. The van der Waals surface area contributed by atoms with Crippen LogP contribution >= 0.6 is 23.2 Å². The Labute approximate surface area is 93.4 Å². The zero-order valence-corrected chi connectivity index (χ0v) is 9.35. The van der Waals surface area contributed by atoms with Crippen molar-refractivity contribution in [3.63, 3.8) is 0 Å². The lowest BCUT2D eigenvalue weighted by Gasteiger charge is -2.11. The second-order valence-corrected chi connectivity index (χ2v) is 4.02. The summed E-state index contributed by atoms with van der Waals surface area (Å²) in [5.74, 6) is 0.693. The van der Waals surface area contributed by atoms with Gasteiger partial charge in [0.15, 0.2) is 0 Å². The average molecular weight is 235 g/mol. The van der Waals surface area contributed by atoms with Crippen molar-refractivity contribution in [2.75, 3.05) is 13.2 Å². The Hall–Kier alpha value is -0.440. The van der Waals surface area contributed by atoms with Crippen molar-refractivity contribution in [2.45, 2.75) is 6.92 Å². The van der Waals surface area contributed by atoms with E-state index >= 15 is 0 Å². The van der Waals surface area contributed by atoms with Gasteiger partial charge in [-0.25, -0.2) is 0 Å². The fraction of sp³-hybridized carbons (Fsp3) is 0.400. The average Bonchev–Trinajstić information content (AvgIpc) is 2.16. The van der Waals surface area contributed by atoms with E-state index in [0.29, 0.717) is 22.4 Å². The minimum atomic E-state index is 0.0988. The van der Waals surface area contributed by atoms with Gasteiger partial charge >= 0.3 is 0 Å². The second-order valence-electron chi connectivity index (χ2n) is 3.17. The van der Waals surface area contributed by atoms with Gasteiger partial charge in [-0.05, 0) is 18.2 Å². The van der Waals surface area contributed by atoms with Gasteiger partial charge < -0.3 is 9.84 Å². The molecular weight excluding hydrogens is 223 g/mol. The topological polar surface area (TPSA) is 29.5 Å². The first-order valence-electron chi connectivity index (χ1n) is 4.32. The van der Waals surface area contributed by atoms with Crippen molar-refractivity contribution in [1.29, 1.82) is 0 Å². The Bertz CT molecular complexity index is 302. The number of benzene rings is 1. The molecule has 0 aliphatic carbocycles. The molecule has 1 N–H and O–H groups in total. The molecule has 78 valence electrons. The number of halogens is 2. The molecule has 1 unspecified atom stereocenters. The first-order chi connectivity index (χ1) is 6.63. The van der Waals surface area contributed by atoms with E-state index < -0.39 is 0 Å². The predicted molar refractivity (Wildman–Crippen MR) is 58.2 cm³/mol. The van der Waals surface area contributed by atoms with Gasteiger partial charge in [0.25, 0.3) is 0 Å². The van der Waals surface area contributed by atoms with Crippen LogP contribution in [0.15, 0.2) is 18.2 Å². The smallest absolute Gasteiger partial charge is 0.137 e. The molecule has 0 aromatic heterocycles. The van der Waals surface area contributed by atoms with Gasteiger partial charge in [0.1, 0.15) is 5.75 Å². The van der Waals surface area contributed by atoms with Gasteiger partial charge in [0.2, 0.25) is 0 Å². The molecular formula is C10H12Cl2O2. The molecule has 0 radical (unpaired) electrons. The van der Waals surface area contributed by atoms with Crippen molar-refractivity contribution in [2.24, 2.45) is 5.92 Å².